The number of carbonyl (C=O) groups excluding carboxylic acids is 1. The summed E-state index contributed by atoms with van der Waals surface area (Å²) in [5, 5.41) is 0. The van der Waals surface area contributed by atoms with E-state index in [0.717, 1.165) is 11.1 Å². The second-order valence-electron chi connectivity index (χ2n) is 6.36. The predicted octanol–water partition coefficient (Wildman–Crippen LogP) is 2.93. The molecule has 0 aromatic heterocycles. The van der Waals surface area contributed by atoms with E-state index < -0.39 is 10.0 Å². The van der Waals surface area contributed by atoms with Gasteiger partial charge in [-0.25, -0.2) is 13.2 Å². The van der Waals surface area contributed by atoms with Crippen LogP contribution >= 0.6 is 0 Å². The summed E-state index contributed by atoms with van der Waals surface area (Å²) in [4.78, 5) is 13.5. The molecule has 7 nitrogen and oxygen atoms in total. The van der Waals surface area contributed by atoms with E-state index >= 15 is 0 Å². The summed E-state index contributed by atoms with van der Waals surface area (Å²) in [5.74, 6) is 0.600. The number of hydrogen-bond acceptors (Lipinski definition) is 5. The molecule has 8 heteroatoms. The smallest absolute Gasteiger partial charge is 0.409 e. The maximum absolute atomic E-state index is 12.8. The summed E-state index contributed by atoms with van der Waals surface area (Å²) in [7, 11) is -0.860. The zero-order valence-electron chi connectivity index (χ0n) is 15.5. The number of carbonyl (C=O) groups is 1. The lowest BCUT2D eigenvalue weighted by molar-refractivity contribution is 0.118. The first-order chi connectivity index (χ1) is 12.8. The van der Waals surface area contributed by atoms with E-state index in [1.807, 2.05) is 6.07 Å². The van der Waals surface area contributed by atoms with Crippen molar-refractivity contribution < 1.29 is 22.7 Å². The molecule has 0 radical (unpaired) electrons. The van der Waals surface area contributed by atoms with Crippen molar-refractivity contribution in [3.05, 3.63) is 53.1 Å². The third-order valence-electron chi connectivity index (χ3n) is 4.58. The molecule has 3 rings (SSSR count). The van der Waals surface area contributed by atoms with E-state index in [0.29, 0.717) is 36.5 Å². The monoisotopic (exact) mass is 390 g/mol. The molecular formula is C19H22N2O5S. The van der Waals surface area contributed by atoms with E-state index in [4.69, 9.17) is 9.47 Å². The number of amides is 1. The highest BCUT2D eigenvalue weighted by atomic mass is 32.2. The molecule has 144 valence electrons. The fraction of sp³-hybridized carbons (Fsp3) is 0.316. The van der Waals surface area contributed by atoms with Crippen molar-refractivity contribution in [2.75, 3.05) is 25.5 Å². The second-order valence-corrected chi connectivity index (χ2v) is 8.01. The molecule has 0 unspecified atom stereocenters. The lowest BCUT2D eigenvalue weighted by Crippen LogP contribution is -2.35. The first kappa shape index (κ1) is 19.0. The van der Waals surface area contributed by atoms with Crippen molar-refractivity contribution in [1.29, 1.82) is 0 Å². The number of hydrogen-bond donors (Lipinski definition) is 1. The Hall–Kier alpha value is -2.74. The third-order valence-corrected chi connectivity index (χ3v) is 6.12. The van der Waals surface area contributed by atoms with Crippen molar-refractivity contribution in [3.63, 3.8) is 0 Å². The zero-order chi connectivity index (χ0) is 19.6. The molecule has 0 fully saturated rings. The molecule has 2 aromatic rings. The number of rotatable bonds is 4. The highest BCUT2D eigenvalue weighted by Crippen LogP contribution is 2.26. The van der Waals surface area contributed by atoms with Crippen LogP contribution in [0, 0.1) is 6.92 Å². The quantitative estimate of drug-likeness (QED) is 0.868. The van der Waals surface area contributed by atoms with Gasteiger partial charge in [0.25, 0.3) is 10.0 Å². The summed E-state index contributed by atoms with van der Waals surface area (Å²) in [6.45, 7) is 2.69. The Kier molecular flexibility index (Phi) is 5.27. The normalized spacial score (nSPS) is 13.7. The fourth-order valence-electron chi connectivity index (χ4n) is 3.17. The molecule has 0 aliphatic carbocycles. The van der Waals surface area contributed by atoms with Gasteiger partial charge >= 0.3 is 6.09 Å². The molecule has 1 aliphatic heterocycles. The lowest BCUT2D eigenvalue weighted by atomic mass is 9.99. The van der Waals surface area contributed by atoms with Crippen LogP contribution in [-0.4, -0.2) is 40.2 Å². The largest absolute Gasteiger partial charge is 0.497 e. The van der Waals surface area contributed by atoms with E-state index in [-0.39, 0.29) is 11.0 Å². The van der Waals surface area contributed by atoms with E-state index in [9.17, 15) is 13.2 Å². The molecule has 1 heterocycles. The van der Waals surface area contributed by atoms with Crippen molar-refractivity contribution in [2.45, 2.75) is 24.8 Å². The second kappa shape index (κ2) is 7.48. The van der Waals surface area contributed by atoms with Crippen LogP contribution in [0.25, 0.3) is 0 Å². The maximum atomic E-state index is 12.8. The molecule has 0 spiro atoms. The number of benzene rings is 2. The van der Waals surface area contributed by atoms with Crippen LogP contribution in [0.4, 0.5) is 10.5 Å². The van der Waals surface area contributed by atoms with Gasteiger partial charge in [0.1, 0.15) is 5.75 Å². The zero-order valence-corrected chi connectivity index (χ0v) is 16.3. The van der Waals surface area contributed by atoms with Gasteiger partial charge < -0.3 is 14.4 Å². The molecule has 0 atom stereocenters. The minimum absolute atomic E-state index is 0.192. The van der Waals surface area contributed by atoms with E-state index in [1.165, 1.54) is 20.3 Å². The predicted molar refractivity (Wildman–Crippen MR) is 102 cm³/mol. The molecule has 1 N–H and O–H groups in total. The number of ether oxygens (including phenoxy) is 2. The van der Waals surface area contributed by atoms with Crippen LogP contribution in [0.5, 0.6) is 5.75 Å². The summed E-state index contributed by atoms with van der Waals surface area (Å²) >= 11 is 0. The highest BCUT2D eigenvalue weighted by molar-refractivity contribution is 7.92. The van der Waals surface area contributed by atoms with Crippen LogP contribution in [0.2, 0.25) is 0 Å². The molecular weight excluding hydrogens is 368 g/mol. The summed E-state index contributed by atoms with van der Waals surface area (Å²) in [5.41, 5.74) is 3.05. The van der Waals surface area contributed by atoms with Gasteiger partial charge in [-0.15, -0.1) is 0 Å². The van der Waals surface area contributed by atoms with Crippen molar-refractivity contribution in [2.24, 2.45) is 0 Å². The van der Waals surface area contributed by atoms with E-state index in [1.54, 1.807) is 36.1 Å². The number of methoxy groups -OCH3 is 2. The SMILES string of the molecule is COC(=O)N1CCc2ccc(NS(=O)(=O)c3ccc(OC)cc3C)cc2C1. The highest BCUT2D eigenvalue weighted by Gasteiger charge is 2.23. The minimum atomic E-state index is -3.74. The third kappa shape index (κ3) is 4.00. The average Bonchev–Trinajstić information content (AvgIpc) is 2.66. The lowest BCUT2D eigenvalue weighted by Gasteiger charge is -2.28. The minimum Gasteiger partial charge on any atom is -0.497 e. The Morgan fingerprint density at radius 3 is 2.56 bits per heavy atom. The molecule has 1 aliphatic rings. The molecule has 2 aromatic carbocycles. The topological polar surface area (TPSA) is 84.9 Å². The Bertz CT molecular complexity index is 972. The average molecular weight is 390 g/mol. The van der Waals surface area contributed by atoms with Crippen LogP contribution in [0.15, 0.2) is 41.3 Å². The first-order valence-electron chi connectivity index (χ1n) is 8.46. The summed E-state index contributed by atoms with van der Waals surface area (Å²) < 4.78 is 38.1. The van der Waals surface area contributed by atoms with Gasteiger partial charge in [-0.05, 0) is 60.4 Å². The molecule has 0 saturated carbocycles. The first-order valence-corrected chi connectivity index (χ1v) is 9.94. The van der Waals surface area contributed by atoms with Crippen LogP contribution in [0.3, 0.4) is 0 Å². The number of nitrogens with one attached hydrogen (secondary N) is 1. The summed E-state index contributed by atoms with van der Waals surface area (Å²) in [6.07, 6.45) is 0.315. The van der Waals surface area contributed by atoms with Gasteiger partial charge in [0, 0.05) is 18.8 Å². The Balaban J connectivity index is 1.85. The Morgan fingerprint density at radius 2 is 1.89 bits per heavy atom. The van der Waals surface area contributed by atoms with Crippen molar-refractivity contribution in [1.82, 2.24) is 4.90 Å². The van der Waals surface area contributed by atoms with E-state index in [2.05, 4.69) is 4.72 Å². The molecule has 0 bridgehead atoms. The van der Waals surface area contributed by atoms with Gasteiger partial charge in [0.2, 0.25) is 0 Å². The number of anilines is 1. The van der Waals surface area contributed by atoms with Crippen LogP contribution in [0.1, 0.15) is 16.7 Å². The van der Waals surface area contributed by atoms with Crippen molar-refractivity contribution in [3.8, 4) is 5.75 Å². The van der Waals surface area contributed by atoms with Crippen LogP contribution in [-0.2, 0) is 27.7 Å². The van der Waals surface area contributed by atoms with Gasteiger partial charge in [0.05, 0.1) is 19.1 Å². The number of nitrogens with zero attached hydrogens (tertiary/aromatic N) is 1. The Morgan fingerprint density at radius 1 is 1.11 bits per heavy atom. The standard InChI is InChI=1S/C19H22N2O5S/c1-13-10-17(25-2)6-7-18(13)27(23,24)20-16-5-4-14-8-9-21(19(22)26-3)12-15(14)11-16/h4-7,10-11,20H,8-9,12H2,1-3H3. The van der Waals surface area contributed by atoms with Gasteiger partial charge in [-0.2, -0.15) is 0 Å². The number of sulfonamides is 1. The van der Waals surface area contributed by atoms with Gasteiger partial charge in [-0.1, -0.05) is 6.07 Å². The molecule has 1 amide bonds. The van der Waals surface area contributed by atoms with Crippen LogP contribution < -0.4 is 9.46 Å². The fourth-order valence-corrected chi connectivity index (χ4v) is 4.44. The van der Waals surface area contributed by atoms with Gasteiger partial charge in [0.15, 0.2) is 0 Å². The van der Waals surface area contributed by atoms with Crippen molar-refractivity contribution >= 4 is 21.8 Å². The number of aryl methyl sites for hydroxylation is 1. The Labute approximate surface area is 158 Å². The van der Waals surface area contributed by atoms with Gasteiger partial charge in [-0.3, -0.25) is 4.72 Å². The molecule has 27 heavy (non-hydrogen) atoms. The summed E-state index contributed by atoms with van der Waals surface area (Å²) in [6, 6.07) is 10.2. The molecule has 0 saturated heterocycles. The number of fused-ring (bicyclic) bond motifs is 1. The maximum Gasteiger partial charge on any atom is 0.409 e.